The Morgan fingerprint density at radius 3 is 2.53 bits per heavy atom. The minimum absolute atomic E-state index is 0.130. The lowest BCUT2D eigenvalue weighted by atomic mass is 10.1. The van der Waals surface area contributed by atoms with E-state index < -0.39 is 0 Å². The van der Waals surface area contributed by atoms with Crippen LogP contribution in [0, 0.1) is 0 Å². The maximum absolute atomic E-state index is 4.35. The van der Waals surface area contributed by atoms with E-state index >= 15 is 0 Å². The minimum Gasteiger partial charge on any atom is -0.306 e. The van der Waals surface area contributed by atoms with Crippen LogP contribution in [0.1, 0.15) is 46.4 Å². The predicted octanol–water partition coefficient (Wildman–Crippen LogP) is 3.11. The molecule has 4 heteroatoms. The van der Waals surface area contributed by atoms with Gasteiger partial charge in [0, 0.05) is 18.1 Å². The number of aromatic nitrogens is 2. The molecule has 15 heavy (non-hydrogen) atoms. The van der Waals surface area contributed by atoms with Gasteiger partial charge in [-0.15, -0.1) is 0 Å². The van der Waals surface area contributed by atoms with Crippen molar-refractivity contribution in [2.24, 2.45) is 0 Å². The van der Waals surface area contributed by atoms with E-state index in [1.807, 2.05) is 10.9 Å². The van der Waals surface area contributed by atoms with Gasteiger partial charge < -0.3 is 5.32 Å². The minimum atomic E-state index is 0.130. The van der Waals surface area contributed by atoms with Crippen molar-refractivity contribution >= 4 is 15.9 Å². The Bertz CT molecular complexity index is 323. The summed E-state index contributed by atoms with van der Waals surface area (Å²) in [6.45, 7) is 11.6. The van der Waals surface area contributed by atoms with E-state index in [2.05, 4.69) is 61.0 Å². The topological polar surface area (TPSA) is 29.9 Å². The second kappa shape index (κ2) is 4.66. The monoisotopic (exact) mass is 273 g/mol. The van der Waals surface area contributed by atoms with Crippen LogP contribution in [-0.2, 0) is 6.54 Å². The standard InChI is InChI=1S/C11H20BrN3/c1-8(2)15-10(9(12)6-14-15)7-13-11(3,4)5/h6,8,13H,7H2,1-5H3. The first-order valence-corrected chi connectivity index (χ1v) is 6.07. The molecular formula is C11H20BrN3. The lowest BCUT2D eigenvalue weighted by molar-refractivity contribution is 0.403. The molecule has 86 valence electrons. The van der Waals surface area contributed by atoms with Crippen LogP contribution in [-0.4, -0.2) is 15.3 Å². The largest absolute Gasteiger partial charge is 0.306 e. The van der Waals surface area contributed by atoms with Crippen LogP contribution in [0.2, 0.25) is 0 Å². The smallest absolute Gasteiger partial charge is 0.0667 e. The zero-order valence-corrected chi connectivity index (χ0v) is 11.7. The van der Waals surface area contributed by atoms with Gasteiger partial charge in [-0.25, -0.2) is 0 Å². The molecule has 1 aromatic rings. The second-order valence-corrected chi connectivity index (χ2v) is 5.94. The molecule has 0 aliphatic carbocycles. The van der Waals surface area contributed by atoms with Gasteiger partial charge in [0.15, 0.2) is 0 Å². The first-order chi connectivity index (χ1) is 6.81. The summed E-state index contributed by atoms with van der Waals surface area (Å²) >= 11 is 3.53. The van der Waals surface area contributed by atoms with E-state index in [9.17, 15) is 0 Å². The van der Waals surface area contributed by atoms with Crippen molar-refractivity contribution < 1.29 is 0 Å². The van der Waals surface area contributed by atoms with E-state index in [1.165, 1.54) is 5.69 Å². The number of nitrogens with one attached hydrogen (secondary N) is 1. The van der Waals surface area contributed by atoms with Gasteiger partial charge >= 0.3 is 0 Å². The van der Waals surface area contributed by atoms with Crippen LogP contribution in [0.15, 0.2) is 10.7 Å². The molecule has 1 rings (SSSR count). The number of halogens is 1. The number of hydrogen-bond donors (Lipinski definition) is 1. The molecule has 0 spiro atoms. The van der Waals surface area contributed by atoms with Crippen LogP contribution in [0.4, 0.5) is 0 Å². The van der Waals surface area contributed by atoms with Crippen molar-refractivity contribution in [1.82, 2.24) is 15.1 Å². The van der Waals surface area contributed by atoms with Gasteiger partial charge in [-0.05, 0) is 50.5 Å². The van der Waals surface area contributed by atoms with Gasteiger partial charge in [0.25, 0.3) is 0 Å². The summed E-state index contributed by atoms with van der Waals surface area (Å²) in [6.07, 6.45) is 1.86. The molecule has 0 aliphatic heterocycles. The highest BCUT2D eigenvalue weighted by atomic mass is 79.9. The summed E-state index contributed by atoms with van der Waals surface area (Å²) in [5, 5.41) is 7.82. The van der Waals surface area contributed by atoms with E-state index in [0.29, 0.717) is 6.04 Å². The van der Waals surface area contributed by atoms with Gasteiger partial charge in [-0.3, -0.25) is 4.68 Å². The van der Waals surface area contributed by atoms with E-state index in [-0.39, 0.29) is 5.54 Å². The highest BCUT2D eigenvalue weighted by molar-refractivity contribution is 9.10. The fourth-order valence-corrected chi connectivity index (χ4v) is 1.74. The van der Waals surface area contributed by atoms with Crippen LogP contribution in [0.25, 0.3) is 0 Å². The first-order valence-electron chi connectivity index (χ1n) is 5.28. The third-order valence-electron chi connectivity index (χ3n) is 2.12. The Hall–Kier alpha value is -0.350. The molecule has 0 aliphatic rings. The molecule has 0 atom stereocenters. The van der Waals surface area contributed by atoms with Gasteiger partial charge in [-0.2, -0.15) is 5.10 Å². The quantitative estimate of drug-likeness (QED) is 0.917. The van der Waals surface area contributed by atoms with Crippen LogP contribution < -0.4 is 5.32 Å². The summed E-state index contributed by atoms with van der Waals surface area (Å²) < 4.78 is 3.12. The Labute approximate surface area is 100 Å². The summed E-state index contributed by atoms with van der Waals surface area (Å²) in [6, 6.07) is 0.396. The average molecular weight is 274 g/mol. The lowest BCUT2D eigenvalue weighted by Crippen LogP contribution is -2.36. The average Bonchev–Trinajstić information content (AvgIpc) is 2.42. The molecule has 0 aromatic carbocycles. The maximum atomic E-state index is 4.35. The third kappa shape index (κ3) is 3.61. The van der Waals surface area contributed by atoms with Gasteiger partial charge in [-0.1, -0.05) is 0 Å². The predicted molar refractivity (Wildman–Crippen MR) is 66.9 cm³/mol. The third-order valence-corrected chi connectivity index (χ3v) is 2.79. The fourth-order valence-electron chi connectivity index (χ4n) is 1.33. The number of rotatable bonds is 3. The van der Waals surface area contributed by atoms with Gasteiger partial charge in [0.1, 0.15) is 0 Å². The number of nitrogens with zero attached hydrogens (tertiary/aromatic N) is 2. The molecule has 0 fully saturated rings. The van der Waals surface area contributed by atoms with Crippen molar-refractivity contribution in [2.75, 3.05) is 0 Å². The van der Waals surface area contributed by atoms with Crippen molar-refractivity contribution in [1.29, 1.82) is 0 Å². The maximum Gasteiger partial charge on any atom is 0.0667 e. The van der Waals surface area contributed by atoms with Crippen molar-refractivity contribution in [2.45, 2.75) is 52.7 Å². The molecule has 1 heterocycles. The highest BCUT2D eigenvalue weighted by Gasteiger charge is 2.14. The van der Waals surface area contributed by atoms with Gasteiger partial charge in [0.2, 0.25) is 0 Å². The summed E-state index contributed by atoms with van der Waals surface area (Å²) in [5.74, 6) is 0. The Morgan fingerprint density at radius 2 is 2.07 bits per heavy atom. The molecule has 0 saturated carbocycles. The van der Waals surface area contributed by atoms with Crippen LogP contribution >= 0.6 is 15.9 Å². The van der Waals surface area contributed by atoms with E-state index in [1.54, 1.807) is 0 Å². The zero-order chi connectivity index (χ0) is 11.6. The van der Waals surface area contributed by atoms with Crippen molar-refractivity contribution in [3.05, 3.63) is 16.4 Å². The van der Waals surface area contributed by atoms with Gasteiger partial charge in [0.05, 0.1) is 16.4 Å². The zero-order valence-electron chi connectivity index (χ0n) is 10.1. The molecule has 0 amide bonds. The van der Waals surface area contributed by atoms with Crippen molar-refractivity contribution in [3.8, 4) is 0 Å². The fraction of sp³-hybridized carbons (Fsp3) is 0.727. The molecular weight excluding hydrogens is 254 g/mol. The second-order valence-electron chi connectivity index (χ2n) is 5.08. The Balaban J connectivity index is 2.79. The Morgan fingerprint density at radius 1 is 1.47 bits per heavy atom. The number of hydrogen-bond acceptors (Lipinski definition) is 2. The normalized spacial score (nSPS) is 12.5. The lowest BCUT2D eigenvalue weighted by Gasteiger charge is -2.21. The molecule has 1 N–H and O–H groups in total. The Kier molecular flexibility index (Phi) is 3.95. The van der Waals surface area contributed by atoms with Crippen LogP contribution in [0.3, 0.4) is 0 Å². The molecule has 1 aromatic heterocycles. The summed E-state index contributed by atoms with van der Waals surface area (Å²) in [4.78, 5) is 0. The molecule has 0 saturated heterocycles. The molecule has 3 nitrogen and oxygen atoms in total. The summed E-state index contributed by atoms with van der Waals surface area (Å²) in [5.41, 5.74) is 1.34. The molecule has 0 radical (unpaired) electrons. The highest BCUT2D eigenvalue weighted by Crippen LogP contribution is 2.19. The SMILES string of the molecule is CC(C)n1ncc(Br)c1CNC(C)(C)C. The molecule has 0 bridgehead atoms. The van der Waals surface area contributed by atoms with E-state index in [4.69, 9.17) is 0 Å². The summed E-state index contributed by atoms with van der Waals surface area (Å²) in [7, 11) is 0. The first kappa shape index (κ1) is 12.7. The van der Waals surface area contributed by atoms with Crippen molar-refractivity contribution in [3.63, 3.8) is 0 Å². The van der Waals surface area contributed by atoms with E-state index in [0.717, 1.165) is 11.0 Å². The molecule has 0 unspecified atom stereocenters. The van der Waals surface area contributed by atoms with Crippen LogP contribution in [0.5, 0.6) is 0 Å².